The topological polar surface area (TPSA) is 0 Å². The van der Waals surface area contributed by atoms with Crippen LogP contribution in [0.3, 0.4) is 0 Å². The number of alkyl halides is 2. The number of halogens is 2. The molecule has 0 aliphatic heterocycles. The molecular weight excluding hydrogens is 170 g/mol. The van der Waals surface area contributed by atoms with Crippen LogP contribution in [0.15, 0.2) is 30.3 Å². The zero-order valence-corrected chi connectivity index (χ0v) is 7.63. The van der Waals surface area contributed by atoms with Crippen molar-refractivity contribution in [3.63, 3.8) is 0 Å². The van der Waals surface area contributed by atoms with E-state index in [1.165, 1.54) is 6.92 Å². The van der Waals surface area contributed by atoms with Gasteiger partial charge in [0.25, 0.3) is 0 Å². The average Bonchev–Trinajstić information content (AvgIpc) is 2.18. The van der Waals surface area contributed by atoms with Crippen LogP contribution in [-0.2, 0) is 6.42 Å². The predicted octanol–water partition coefficient (Wildman–Crippen LogP) is 3.13. The monoisotopic (exact) mass is 183 g/mol. The van der Waals surface area contributed by atoms with Gasteiger partial charge >= 0.3 is 0 Å². The van der Waals surface area contributed by atoms with E-state index in [1.54, 1.807) is 0 Å². The molecule has 0 spiro atoms. The molecule has 13 heavy (non-hydrogen) atoms. The molecule has 0 fully saturated rings. The highest BCUT2D eigenvalue weighted by molar-refractivity contribution is 5.17. The van der Waals surface area contributed by atoms with E-state index in [2.05, 4.69) is 0 Å². The van der Waals surface area contributed by atoms with Gasteiger partial charge in [0.05, 0.1) is 6.67 Å². The third-order valence-electron chi connectivity index (χ3n) is 2.00. The van der Waals surface area contributed by atoms with Crippen molar-refractivity contribution < 1.29 is 8.78 Å². The van der Waals surface area contributed by atoms with Crippen LogP contribution >= 0.6 is 0 Å². The highest BCUT2D eigenvalue weighted by atomic mass is 19.1. The molecule has 1 unspecified atom stereocenters. The highest BCUT2D eigenvalue weighted by Crippen LogP contribution is 2.15. The van der Waals surface area contributed by atoms with E-state index in [1.807, 2.05) is 30.3 Å². The average molecular weight is 183 g/mol. The van der Waals surface area contributed by atoms with Gasteiger partial charge in [-0.25, -0.2) is 4.39 Å². The second-order valence-corrected chi connectivity index (χ2v) is 3.14. The molecule has 1 rings (SSSR count). The third-order valence-corrected chi connectivity index (χ3v) is 2.00. The fourth-order valence-corrected chi connectivity index (χ4v) is 1.08. The maximum absolute atomic E-state index is 13.2. The molecule has 0 aliphatic rings. The number of benzene rings is 1. The normalized spacial score (nSPS) is 13.2. The molecule has 1 radical (unpaired) electrons. The minimum absolute atomic E-state index is 0.267. The van der Waals surface area contributed by atoms with Crippen molar-refractivity contribution in [1.82, 2.24) is 0 Å². The van der Waals surface area contributed by atoms with Crippen LogP contribution in [0.5, 0.6) is 0 Å². The van der Waals surface area contributed by atoms with E-state index >= 15 is 0 Å². The van der Waals surface area contributed by atoms with Gasteiger partial charge in [-0.2, -0.15) is 0 Å². The van der Waals surface area contributed by atoms with E-state index in [0.29, 0.717) is 0 Å². The lowest BCUT2D eigenvalue weighted by Gasteiger charge is -2.12. The molecule has 1 atom stereocenters. The maximum Gasteiger partial charge on any atom is 0.113 e. The Bertz CT molecular complexity index is 233. The first-order chi connectivity index (χ1) is 6.24. The van der Waals surface area contributed by atoms with E-state index in [4.69, 9.17) is 0 Å². The summed E-state index contributed by atoms with van der Waals surface area (Å²) in [5, 5.41) is 0. The molecule has 0 heterocycles. The Hall–Kier alpha value is -0.920. The Morgan fingerprint density at radius 1 is 1.31 bits per heavy atom. The van der Waals surface area contributed by atoms with Crippen LogP contribution in [-0.4, -0.2) is 12.8 Å². The Balaban J connectivity index is 2.50. The standard InChI is InChI=1S/C11H13F2/c1-9(8-12)11(13)7-10-5-3-2-4-6-10/h2-6,11H,7-8H2,1H3. The zero-order chi connectivity index (χ0) is 9.68. The lowest BCUT2D eigenvalue weighted by Crippen LogP contribution is -2.15. The van der Waals surface area contributed by atoms with E-state index in [-0.39, 0.29) is 12.3 Å². The molecule has 0 nitrogen and oxygen atoms in total. The van der Waals surface area contributed by atoms with E-state index < -0.39 is 12.8 Å². The van der Waals surface area contributed by atoms with Gasteiger partial charge < -0.3 is 0 Å². The smallest absolute Gasteiger partial charge is 0.113 e. The van der Waals surface area contributed by atoms with Crippen LogP contribution in [0.4, 0.5) is 8.78 Å². The van der Waals surface area contributed by atoms with Crippen molar-refractivity contribution >= 4 is 0 Å². The minimum Gasteiger partial charge on any atom is -0.250 e. The van der Waals surface area contributed by atoms with Gasteiger partial charge in [-0.15, -0.1) is 0 Å². The van der Waals surface area contributed by atoms with Crippen LogP contribution in [0.25, 0.3) is 0 Å². The Kier molecular flexibility index (Phi) is 3.87. The van der Waals surface area contributed by atoms with Gasteiger partial charge in [0.15, 0.2) is 0 Å². The third kappa shape index (κ3) is 3.13. The molecule has 0 saturated carbocycles. The van der Waals surface area contributed by atoms with Gasteiger partial charge in [0, 0.05) is 12.3 Å². The summed E-state index contributed by atoms with van der Waals surface area (Å²) in [6, 6.07) is 9.28. The number of hydrogen-bond donors (Lipinski definition) is 0. The summed E-state index contributed by atoms with van der Waals surface area (Å²) in [5.74, 6) is 0.267. The van der Waals surface area contributed by atoms with Gasteiger partial charge in [0.2, 0.25) is 0 Å². The first-order valence-corrected chi connectivity index (χ1v) is 4.30. The molecule has 71 valence electrons. The van der Waals surface area contributed by atoms with Crippen LogP contribution in [0.2, 0.25) is 0 Å². The number of rotatable bonds is 4. The first-order valence-electron chi connectivity index (χ1n) is 4.30. The summed E-state index contributed by atoms with van der Waals surface area (Å²) in [4.78, 5) is 0. The van der Waals surface area contributed by atoms with Crippen molar-refractivity contribution in [2.75, 3.05) is 6.67 Å². The van der Waals surface area contributed by atoms with Crippen molar-refractivity contribution in [3.05, 3.63) is 41.8 Å². The van der Waals surface area contributed by atoms with Crippen LogP contribution in [0.1, 0.15) is 12.5 Å². The highest BCUT2D eigenvalue weighted by Gasteiger charge is 2.16. The Morgan fingerprint density at radius 3 is 2.46 bits per heavy atom. The summed E-state index contributed by atoms with van der Waals surface area (Å²) >= 11 is 0. The lowest BCUT2D eigenvalue weighted by molar-refractivity contribution is 0.312. The van der Waals surface area contributed by atoms with Gasteiger partial charge in [0.1, 0.15) is 6.17 Å². The van der Waals surface area contributed by atoms with E-state index in [0.717, 1.165) is 5.56 Å². The molecule has 1 aromatic rings. The summed E-state index contributed by atoms with van der Waals surface area (Å²) in [5.41, 5.74) is 0.905. The molecule has 1 aromatic carbocycles. The summed E-state index contributed by atoms with van der Waals surface area (Å²) in [6.45, 7) is 0.835. The van der Waals surface area contributed by atoms with Crippen molar-refractivity contribution in [2.24, 2.45) is 0 Å². The largest absolute Gasteiger partial charge is 0.250 e. The molecule has 2 heteroatoms. The van der Waals surface area contributed by atoms with Crippen molar-refractivity contribution in [2.45, 2.75) is 19.5 Å². The molecule has 0 N–H and O–H groups in total. The SMILES string of the molecule is C[C](CF)C(F)Cc1ccccc1. The van der Waals surface area contributed by atoms with Gasteiger partial charge in [-0.3, -0.25) is 4.39 Å². The van der Waals surface area contributed by atoms with Crippen LogP contribution < -0.4 is 0 Å². The molecule has 0 amide bonds. The Labute approximate surface area is 77.6 Å². The number of hydrogen-bond acceptors (Lipinski definition) is 0. The molecule has 0 aromatic heterocycles. The molecule has 0 aliphatic carbocycles. The lowest BCUT2D eigenvalue weighted by atomic mass is 10.0. The molecular formula is C11H13F2. The molecule has 0 saturated heterocycles. The zero-order valence-electron chi connectivity index (χ0n) is 7.63. The minimum atomic E-state index is -1.16. The van der Waals surface area contributed by atoms with Gasteiger partial charge in [-0.1, -0.05) is 37.3 Å². The van der Waals surface area contributed by atoms with Crippen molar-refractivity contribution in [1.29, 1.82) is 0 Å². The quantitative estimate of drug-likeness (QED) is 0.672. The van der Waals surface area contributed by atoms with Crippen molar-refractivity contribution in [3.8, 4) is 0 Å². The van der Waals surface area contributed by atoms with E-state index in [9.17, 15) is 8.78 Å². The van der Waals surface area contributed by atoms with Crippen LogP contribution in [0, 0.1) is 5.92 Å². The first kappa shape index (κ1) is 10.2. The summed E-state index contributed by atoms with van der Waals surface area (Å²) in [7, 11) is 0. The fourth-order valence-electron chi connectivity index (χ4n) is 1.08. The summed E-state index contributed by atoms with van der Waals surface area (Å²) in [6.07, 6.45) is -0.885. The maximum atomic E-state index is 13.2. The second kappa shape index (κ2) is 4.95. The summed E-state index contributed by atoms with van der Waals surface area (Å²) < 4.78 is 25.3. The second-order valence-electron chi connectivity index (χ2n) is 3.14. The van der Waals surface area contributed by atoms with Gasteiger partial charge in [-0.05, 0) is 5.56 Å². The Morgan fingerprint density at radius 2 is 1.92 bits per heavy atom. The predicted molar refractivity (Wildman–Crippen MR) is 49.9 cm³/mol. The fraction of sp³-hybridized carbons (Fsp3) is 0.364. The molecule has 0 bridgehead atoms.